The molecule has 4 nitrogen and oxygen atoms in total. The Balaban J connectivity index is 2.65. The summed E-state index contributed by atoms with van der Waals surface area (Å²) in [5, 5.41) is 0. The Morgan fingerprint density at radius 3 is 2.53 bits per heavy atom. The van der Waals surface area contributed by atoms with Crippen LogP contribution in [-0.2, 0) is 4.79 Å². The quantitative estimate of drug-likeness (QED) is 0.306. The Kier molecular flexibility index (Phi) is 4.61. The average molecular weight is 225 g/mol. The fraction of sp³-hybridized carbons (Fsp3) is 0.300. The lowest BCUT2D eigenvalue weighted by Crippen LogP contribution is -2.32. The Labute approximate surface area is 93.4 Å². The maximum absolute atomic E-state index is 11.0. The molecule has 0 radical (unpaired) electrons. The van der Waals surface area contributed by atoms with Gasteiger partial charge in [-0.15, -0.1) is 11.8 Å². The van der Waals surface area contributed by atoms with Gasteiger partial charge < -0.3 is 5.73 Å². The Bertz CT molecular complexity index is 326. The summed E-state index contributed by atoms with van der Waals surface area (Å²) < 4.78 is 0. The predicted octanol–water partition coefficient (Wildman–Crippen LogP) is 0.788. The molecule has 0 spiro atoms. The van der Waals surface area contributed by atoms with E-state index in [9.17, 15) is 4.79 Å². The van der Waals surface area contributed by atoms with E-state index in [-0.39, 0.29) is 18.4 Å². The summed E-state index contributed by atoms with van der Waals surface area (Å²) in [6.07, 6.45) is 2.21. The Morgan fingerprint density at radius 1 is 1.47 bits per heavy atom. The van der Waals surface area contributed by atoms with Gasteiger partial charge in [0.1, 0.15) is 0 Å². The first kappa shape index (κ1) is 12.0. The van der Waals surface area contributed by atoms with Gasteiger partial charge >= 0.3 is 0 Å². The largest absolute Gasteiger partial charge is 0.324 e. The molecule has 5 N–H and O–H groups in total. The average Bonchev–Trinajstić information content (AvgIpc) is 2.29. The van der Waals surface area contributed by atoms with Crippen molar-refractivity contribution >= 4 is 17.7 Å². The molecule has 1 aromatic carbocycles. The van der Waals surface area contributed by atoms with Crippen molar-refractivity contribution in [2.45, 2.75) is 17.4 Å². The summed E-state index contributed by atoms with van der Waals surface area (Å²) in [6, 6.07) is 7.53. The minimum absolute atomic E-state index is 0.203. The predicted molar refractivity (Wildman–Crippen MR) is 62.1 cm³/mol. The molecule has 1 aromatic rings. The van der Waals surface area contributed by atoms with Gasteiger partial charge in [0, 0.05) is 17.4 Å². The van der Waals surface area contributed by atoms with Crippen molar-refractivity contribution in [2.75, 3.05) is 6.26 Å². The number of hydrogen-bond donors (Lipinski definition) is 3. The number of amides is 1. The van der Waals surface area contributed by atoms with E-state index in [0.29, 0.717) is 0 Å². The lowest BCUT2D eigenvalue weighted by molar-refractivity contribution is -0.121. The third-order valence-corrected chi connectivity index (χ3v) is 2.85. The van der Waals surface area contributed by atoms with Crippen LogP contribution in [0.25, 0.3) is 0 Å². The molecule has 0 saturated heterocycles. The van der Waals surface area contributed by atoms with Crippen molar-refractivity contribution in [3.63, 3.8) is 0 Å². The van der Waals surface area contributed by atoms with Crippen LogP contribution in [0.3, 0.4) is 0 Å². The normalized spacial score (nSPS) is 12.2. The zero-order valence-corrected chi connectivity index (χ0v) is 9.38. The van der Waals surface area contributed by atoms with Gasteiger partial charge in [0.25, 0.3) is 0 Å². The SMILES string of the molecule is CSc1ccc(C(N)CC(=O)NN)cc1. The Morgan fingerprint density at radius 2 is 2.07 bits per heavy atom. The third-order valence-electron chi connectivity index (χ3n) is 2.11. The highest BCUT2D eigenvalue weighted by Gasteiger charge is 2.10. The van der Waals surface area contributed by atoms with Crippen LogP contribution < -0.4 is 17.0 Å². The van der Waals surface area contributed by atoms with E-state index in [0.717, 1.165) is 5.56 Å². The van der Waals surface area contributed by atoms with Crippen LogP contribution in [0.5, 0.6) is 0 Å². The lowest BCUT2D eigenvalue weighted by Gasteiger charge is -2.11. The number of rotatable bonds is 4. The molecule has 5 heteroatoms. The maximum Gasteiger partial charge on any atom is 0.235 e. The minimum atomic E-state index is -0.301. The first-order chi connectivity index (χ1) is 7.17. The minimum Gasteiger partial charge on any atom is -0.324 e. The van der Waals surface area contributed by atoms with E-state index >= 15 is 0 Å². The van der Waals surface area contributed by atoms with Gasteiger partial charge in [-0.3, -0.25) is 10.2 Å². The molecule has 15 heavy (non-hydrogen) atoms. The van der Waals surface area contributed by atoms with Gasteiger partial charge in [-0.05, 0) is 24.0 Å². The van der Waals surface area contributed by atoms with Crippen molar-refractivity contribution in [1.29, 1.82) is 0 Å². The van der Waals surface area contributed by atoms with Crippen LogP contribution in [0.4, 0.5) is 0 Å². The second-order valence-electron chi connectivity index (χ2n) is 3.15. The summed E-state index contributed by atoms with van der Waals surface area (Å²) >= 11 is 1.67. The summed E-state index contributed by atoms with van der Waals surface area (Å²) in [5.41, 5.74) is 8.85. The standard InChI is InChI=1S/C10H15N3OS/c1-15-8-4-2-7(3-5-8)9(11)6-10(14)13-12/h2-5,9H,6,11-12H2,1H3,(H,13,14). The molecule has 1 rings (SSSR count). The zero-order chi connectivity index (χ0) is 11.3. The molecule has 1 unspecified atom stereocenters. The monoisotopic (exact) mass is 225 g/mol. The molecule has 0 aromatic heterocycles. The van der Waals surface area contributed by atoms with Crippen LogP contribution in [0, 0.1) is 0 Å². The molecule has 0 aliphatic heterocycles. The highest BCUT2D eigenvalue weighted by atomic mass is 32.2. The van der Waals surface area contributed by atoms with E-state index in [4.69, 9.17) is 11.6 Å². The topological polar surface area (TPSA) is 81.1 Å². The van der Waals surface area contributed by atoms with Crippen molar-refractivity contribution in [1.82, 2.24) is 5.43 Å². The van der Waals surface area contributed by atoms with E-state index in [1.54, 1.807) is 11.8 Å². The van der Waals surface area contributed by atoms with E-state index in [1.807, 2.05) is 30.5 Å². The number of hydrogen-bond acceptors (Lipinski definition) is 4. The highest BCUT2D eigenvalue weighted by molar-refractivity contribution is 7.98. The molecule has 0 aliphatic carbocycles. The first-order valence-electron chi connectivity index (χ1n) is 4.56. The van der Waals surface area contributed by atoms with Crippen LogP contribution in [0.1, 0.15) is 18.0 Å². The van der Waals surface area contributed by atoms with E-state index in [1.165, 1.54) is 4.90 Å². The van der Waals surface area contributed by atoms with Crippen molar-refractivity contribution in [3.8, 4) is 0 Å². The summed E-state index contributed by atoms with van der Waals surface area (Å²) in [7, 11) is 0. The number of thioether (sulfide) groups is 1. The molecule has 82 valence electrons. The molecule has 0 bridgehead atoms. The fourth-order valence-corrected chi connectivity index (χ4v) is 1.64. The molecule has 1 atom stereocenters. The van der Waals surface area contributed by atoms with E-state index < -0.39 is 0 Å². The summed E-state index contributed by atoms with van der Waals surface area (Å²) in [6.45, 7) is 0. The molecule has 0 saturated carbocycles. The van der Waals surface area contributed by atoms with Crippen molar-refractivity contribution in [3.05, 3.63) is 29.8 Å². The summed E-state index contributed by atoms with van der Waals surface area (Å²) in [4.78, 5) is 12.2. The highest BCUT2D eigenvalue weighted by Crippen LogP contribution is 2.19. The van der Waals surface area contributed by atoms with Crippen LogP contribution in [0.2, 0.25) is 0 Å². The molecule has 0 heterocycles. The molecule has 0 fully saturated rings. The number of carbonyl (C=O) groups excluding carboxylic acids is 1. The lowest BCUT2D eigenvalue weighted by atomic mass is 10.0. The zero-order valence-electron chi connectivity index (χ0n) is 8.57. The van der Waals surface area contributed by atoms with Crippen molar-refractivity contribution in [2.24, 2.45) is 11.6 Å². The summed E-state index contributed by atoms with van der Waals surface area (Å²) in [5.74, 6) is 4.73. The van der Waals surface area contributed by atoms with Crippen LogP contribution in [0.15, 0.2) is 29.2 Å². The Hall–Kier alpha value is -1.04. The van der Waals surface area contributed by atoms with Crippen LogP contribution >= 0.6 is 11.8 Å². The van der Waals surface area contributed by atoms with Gasteiger partial charge in [-0.1, -0.05) is 12.1 Å². The number of hydrazine groups is 1. The van der Waals surface area contributed by atoms with Gasteiger partial charge in [0.15, 0.2) is 0 Å². The molecule has 0 aliphatic rings. The van der Waals surface area contributed by atoms with Gasteiger partial charge in [-0.25, -0.2) is 5.84 Å². The smallest absolute Gasteiger partial charge is 0.235 e. The number of carbonyl (C=O) groups is 1. The maximum atomic E-state index is 11.0. The first-order valence-corrected chi connectivity index (χ1v) is 5.79. The fourth-order valence-electron chi connectivity index (χ4n) is 1.23. The second kappa shape index (κ2) is 5.75. The van der Waals surface area contributed by atoms with Gasteiger partial charge in [0.05, 0.1) is 0 Å². The van der Waals surface area contributed by atoms with E-state index in [2.05, 4.69) is 5.43 Å². The number of benzene rings is 1. The van der Waals surface area contributed by atoms with Gasteiger partial charge in [0.2, 0.25) is 5.91 Å². The third kappa shape index (κ3) is 3.54. The molecule has 1 amide bonds. The van der Waals surface area contributed by atoms with Crippen molar-refractivity contribution < 1.29 is 4.79 Å². The van der Waals surface area contributed by atoms with Gasteiger partial charge in [-0.2, -0.15) is 0 Å². The number of nitrogens with one attached hydrogen (secondary N) is 1. The van der Waals surface area contributed by atoms with Crippen LogP contribution in [-0.4, -0.2) is 12.2 Å². The molecular formula is C10H15N3OS. The second-order valence-corrected chi connectivity index (χ2v) is 4.03. The number of nitrogens with two attached hydrogens (primary N) is 2. The molecular weight excluding hydrogens is 210 g/mol.